The molecule has 2 aliphatic heterocycles. The fourth-order valence-electron chi connectivity index (χ4n) is 3.49. The summed E-state index contributed by atoms with van der Waals surface area (Å²) in [5.74, 6) is -0.218. The number of rotatable bonds is 3. The molecule has 134 valence electrons. The van der Waals surface area contributed by atoms with Crippen LogP contribution in [0, 0.1) is 17.0 Å². The van der Waals surface area contributed by atoms with Crippen LogP contribution in [-0.2, 0) is 11.2 Å². The molecule has 2 aliphatic rings. The van der Waals surface area contributed by atoms with Gasteiger partial charge in [0.25, 0.3) is 0 Å². The molecule has 0 bridgehead atoms. The van der Waals surface area contributed by atoms with Crippen LogP contribution >= 0.6 is 24.0 Å². The molecular weight excluding hydrogens is 427 g/mol. The van der Waals surface area contributed by atoms with Gasteiger partial charge < -0.3 is 15.0 Å². The first-order valence-corrected chi connectivity index (χ1v) is 8.09. The van der Waals surface area contributed by atoms with Crippen molar-refractivity contribution in [1.29, 1.82) is 0 Å². The summed E-state index contributed by atoms with van der Waals surface area (Å²) >= 11 is 0. The number of ether oxygens (including phenoxy) is 1. The fraction of sp³-hybridized carbons (Fsp3) is 0.588. The van der Waals surface area contributed by atoms with Crippen molar-refractivity contribution in [2.75, 3.05) is 39.9 Å². The van der Waals surface area contributed by atoms with Crippen LogP contribution in [0.2, 0.25) is 0 Å². The highest BCUT2D eigenvalue weighted by Crippen LogP contribution is 2.38. The smallest absolute Gasteiger partial charge is 0.193 e. The molecule has 4 nitrogen and oxygen atoms in total. The topological polar surface area (TPSA) is 36.9 Å². The lowest BCUT2D eigenvalue weighted by Crippen LogP contribution is -2.42. The fourth-order valence-corrected chi connectivity index (χ4v) is 3.49. The third-order valence-electron chi connectivity index (χ3n) is 4.75. The number of halogens is 3. The summed E-state index contributed by atoms with van der Waals surface area (Å²) in [6, 6.07) is 3.63. The Morgan fingerprint density at radius 2 is 2.04 bits per heavy atom. The number of guanidine groups is 1. The number of aliphatic imine (C=N–C) groups is 1. The molecule has 1 aromatic carbocycles. The van der Waals surface area contributed by atoms with E-state index >= 15 is 0 Å². The van der Waals surface area contributed by atoms with Crippen LogP contribution in [0.25, 0.3) is 0 Å². The van der Waals surface area contributed by atoms with E-state index in [0.717, 1.165) is 51.2 Å². The molecule has 1 N–H and O–H groups in total. The van der Waals surface area contributed by atoms with Crippen molar-refractivity contribution in [2.45, 2.75) is 19.3 Å². The second kappa shape index (κ2) is 8.42. The first kappa shape index (κ1) is 19.4. The molecule has 0 amide bonds. The summed E-state index contributed by atoms with van der Waals surface area (Å²) in [7, 11) is 1.76. The first-order chi connectivity index (χ1) is 11.1. The Kier molecular flexibility index (Phi) is 6.79. The zero-order chi connectivity index (χ0) is 16.3. The van der Waals surface area contributed by atoms with Crippen molar-refractivity contribution in [3.63, 3.8) is 0 Å². The zero-order valence-corrected chi connectivity index (χ0v) is 16.2. The van der Waals surface area contributed by atoms with Crippen molar-refractivity contribution in [3.8, 4) is 0 Å². The lowest BCUT2D eigenvalue weighted by Gasteiger charge is -2.25. The predicted molar refractivity (Wildman–Crippen MR) is 101 cm³/mol. The van der Waals surface area contributed by atoms with E-state index < -0.39 is 11.6 Å². The minimum atomic E-state index is -0.535. The van der Waals surface area contributed by atoms with Gasteiger partial charge in [-0.1, -0.05) is 0 Å². The molecule has 24 heavy (non-hydrogen) atoms. The second-order valence-electron chi connectivity index (χ2n) is 6.48. The molecular formula is C17H24F2IN3O. The van der Waals surface area contributed by atoms with Gasteiger partial charge in [0.2, 0.25) is 0 Å². The van der Waals surface area contributed by atoms with Gasteiger partial charge in [-0.25, -0.2) is 8.78 Å². The van der Waals surface area contributed by atoms with Gasteiger partial charge in [-0.3, -0.25) is 4.99 Å². The molecule has 0 aliphatic carbocycles. The van der Waals surface area contributed by atoms with Crippen molar-refractivity contribution in [3.05, 3.63) is 35.4 Å². The molecule has 3 rings (SSSR count). The average molecular weight is 451 g/mol. The van der Waals surface area contributed by atoms with Crippen molar-refractivity contribution >= 4 is 29.9 Å². The van der Waals surface area contributed by atoms with Crippen LogP contribution in [-0.4, -0.2) is 50.8 Å². The lowest BCUT2D eigenvalue weighted by atomic mass is 9.87. The van der Waals surface area contributed by atoms with E-state index in [9.17, 15) is 8.78 Å². The highest BCUT2D eigenvalue weighted by molar-refractivity contribution is 14.0. The number of hydrogen-bond acceptors (Lipinski definition) is 2. The van der Waals surface area contributed by atoms with Crippen LogP contribution in [0.3, 0.4) is 0 Å². The quantitative estimate of drug-likeness (QED) is 0.437. The van der Waals surface area contributed by atoms with Crippen molar-refractivity contribution in [2.24, 2.45) is 10.4 Å². The number of nitrogens with zero attached hydrogens (tertiary/aromatic N) is 2. The van der Waals surface area contributed by atoms with Crippen molar-refractivity contribution < 1.29 is 13.5 Å². The van der Waals surface area contributed by atoms with E-state index in [1.165, 1.54) is 12.1 Å². The summed E-state index contributed by atoms with van der Waals surface area (Å²) in [4.78, 5) is 6.58. The Morgan fingerprint density at radius 3 is 2.67 bits per heavy atom. The summed E-state index contributed by atoms with van der Waals surface area (Å²) in [5, 5.41) is 3.30. The number of benzene rings is 1. The average Bonchev–Trinajstić information content (AvgIpc) is 3.13. The normalized spacial score (nSPS) is 23.6. The second-order valence-corrected chi connectivity index (χ2v) is 6.48. The van der Waals surface area contributed by atoms with E-state index in [0.29, 0.717) is 18.5 Å². The minimum Gasteiger partial charge on any atom is -0.381 e. The van der Waals surface area contributed by atoms with Gasteiger partial charge in [-0.15, -0.1) is 24.0 Å². The van der Waals surface area contributed by atoms with Gasteiger partial charge in [-0.2, -0.15) is 0 Å². The van der Waals surface area contributed by atoms with E-state index in [1.807, 2.05) is 0 Å². The summed E-state index contributed by atoms with van der Waals surface area (Å²) < 4.78 is 31.9. The third kappa shape index (κ3) is 4.56. The Bertz CT molecular complexity index is 571. The number of hydrogen-bond donors (Lipinski definition) is 1. The molecule has 0 aromatic heterocycles. The molecule has 0 radical (unpaired) electrons. The number of nitrogens with one attached hydrogen (secondary N) is 1. The summed E-state index contributed by atoms with van der Waals surface area (Å²) in [6.45, 7) is 4.21. The highest BCUT2D eigenvalue weighted by atomic mass is 127. The van der Waals surface area contributed by atoms with Gasteiger partial charge in [0.1, 0.15) is 11.6 Å². The molecule has 0 saturated carbocycles. The van der Waals surface area contributed by atoms with Crippen LogP contribution in [0.5, 0.6) is 0 Å². The standard InChI is InChI=1S/C17H23F2N3O.HI/c1-20-16(22-6-3-17(11-22)4-7-23-12-17)21-5-2-13-8-14(18)10-15(19)9-13;/h8-10H,2-7,11-12H2,1H3,(H,20,21);1H. The first-order valence-electron chi connectivity index (χ1n) is 8.09. The van der Waals surface area contributed by atoms with Gasteiger partial charge in [0.15, 0.2) is 5.96 Å². The predicted octanol–water partition coefficient (Wildman–Crippen LogP) is 2.81. The Morgan fingerprint density at radius 1 is 1.29 bits per heavy atom. The van der Waals surface area contributed by atoms with Crippen LogP contribution in [0.1, 0.15) is 18.4 Å². The highest BCUT2D eigenvalue weighted by Gasteiger charge is 2.42. The SMILES string of the molecule is CN=C(NCCc1cc(F)cc(F)c1)N1CCC2(CCOC2)C1.I. The maximum absolute atomic E-state index is 13.2. The monoisotopic (exact) mass is 451 g/mol. The maximum atomic E-state index is 13.2. The van der Waals surface area contributed by atoms with Gasteiger partial charge >= 0.3 is 0 Å². The largest absolute Gasteiger partial charge is 0.381 e. The van der Waals surface area contributed by atoms with E-state index in [4.69, 9.17) is 4.74 Å². The number of likely N-dealkylation sites (tertiary alicyclic amines) is 1. The molecule has 1 spiro atoms. The molecule has 2 saturated heterocycles. The van der Waals surface area contributed by atoms with E-state index in [1.54, 1.807) is 7.05 Å². The van der Waals surface area contributed by atoms with Crippen LogP contribution in [0.4, 0.5) is 8.78 Å². The third-order valence-corrected chi connectivity index (χ3v) is 4.75. The molecule has 2 heterocycles. The van der Waals surface area contributed by atoms with E-state index in [2.05, 4.69) is 15.2 Å². The van der Waals surface area contributed by atoms with E-state index in [-0.39, 0.29) is 29.4 Å². The van der Waals surface area contributed by atoms with Crippen LogP contribution < -0.4 is 5.32 Å². The lowest BCUT2D eigenvalue weighted by molar-refractivity contribution is 0.156. The molecule has 1 aromatic rings. The zero-order valence-electron chi connectivity index (χ0n) is 13.9. The molecule has 2 fully saturated rings. The maximum Gasteiger partial charge on any atom is 0.193 e. The van der Waals surface area contributed by atoms with Crippen molar-refractivity contribution in [1.82, 2.24) is 10.2 Å². The Hall–Kier alpha value is -0.960. The minimum absolute atomic E-state index is 0. The summed E-state index contributed by atoms with van der Waals surface area (Å²) in [6.07, 6.45) is 2.79. The van der Waals surface area contributed by atoms with Gasteiger partial charge in [0.05, 0.1) is 6.61 Å². The van der Waals surface area contributed by atoms with Crippen LogP contribution in [0.15, 0.2) is 23.2 Å². The molecule has 7 heteroatoms. The summed E-state index contributed by atoms with van der Waals surface area (Å²) in [5.41, 5.74) is 0.927. The Balaban J connectivity index is 0.00000208. The Labute approximate surface area is 158 Å². The molecule has 1 atom stereocenters. The van der Waals surface area contributed by atoms with Gasteiger partial charge in [0, 0.05) is 44.8 Å². The molecule has 1 unspecified atom stereocenters. The van der Waals surface area contributed by atoms with Gasteiger partial charge in [-0.05, 0) is 37.0 Å².